The van der Waals surface area contributed by atoms with Gasteiger partial charge in [0.2, 0.25) is 0 Å². The van der Waals surface area contributed by atoms with Gasteiger partial charge in [0.05, 0.1) is 27.5 Å². The monoisotopic (exact) mass is 552 g/mol. The number of amides is 2. The summed E-state index contributed by atoms with van der Waals surface area (Å²) in [6, 6.07) is 30.6. The Morgan fingerprint density at radius 1 is 0.769 bits per heavy atom. The number of hydrogen-bond donors (Lipinski definition) is 2. The first-order valence-corrected chi connectivity index (χ1v) is 12.8. The average molecular weight is 553 g/mol. The number of benzene rings is 4. The molecule has 2 N–H and O–H groups in total. The van der Waals surface area contributed by atoms with Crippen LogP contribution < -0.4 is 10.7 Å². The van der Waals surface area contributed by atoms with Crippen LogP contribution >= 0.6 is 23.2 Å². The van der Waals surface area contributed by atoms with Crippen molar-refractivity contribution in [3.05, 3.63) is 130 Å². The summed E-state index contributed by atoms with van der Waals surface area (Å²) in [7, 11) is 0. The van der Waals surface area contributed by atoms with Gasteiger partial charge in [0.1, 0.15) is 0 Å². The molecule has 0 spiro atoms. The highest BCUT2D eigenvalue weighted by atomic mass is 35.5. The van der Waals surface area contributed by atoms with Gasteiger partial charge in [-0.05, 0) is 55.0 Å². The molecule has 0 bridgehead atoms. The van der Waals surface area contributed by atoms with E-state index in [2.05, 4.69) is 15.8 Å². The molecule has 6 nitrogen and oxygen atoms in total. The van der Waals surface area contributed by atoms with Gasteiger partial charge in [-0.2, -0.15) is 5.10 Å². The second kappa shape index (κ2) is 11.5. The van der Waals surface area contributed by atoms with Gasteiger partial charge in [-0.15, -0.1) is 0 Å². The Bertz CT molecular complexity index is 1740. The number of carbonyl (C=O) groups excluding carboxylic acids is 2. The van der Waals surface area contributed by atoms with Crippen molar-refractivity contribution in [2.75, 3.05) is 5.32 Å². The van der Waals surface area contributed by atoms with E-state index in [-0.39, 0.29) is 5.91 Å². The molecule has 39 heavy (non-hydrogen) atoms. The zero-order chi connectivity index (χ0) is 27.4. The molecule has 0 fully saturated rings. The summed E-state index contributed by atoms with van der Waals surface area (Å²) >= 11 is 12.4. The molecule has 0 atom stereocenters. The number of nitrogens with zero attached hydrogens (tertiary/aromatic N) is 2. The van der Waals surface area contributed by atoms with Gasteiger partial charge in [-0.3, -0.25) is 9.59 Å². The Morgan fingerprint density at radius 2 is 1.51 bits per heavy atom. The quantitative estimate of drug-likeness (QED) is 0.168. The molecule has 1 heterocycles. The third-order valence-corrected chi connectivity index (χ3v) is 6.59. The third-order valence-electron chi connectivity index (χ3n) is 6.05. The summed E-state index contributed by atoms with van der Waals surface area (Å²) < 4.78 is 0. The lowest BCUT2D eigenvalue weighted by Crippen LogP contribution is -2.20. The first-order valence-electron chi connectivity index (χ1n) is 12.1. The minimum absolute atomic E-state index is 0.282. The molecule has 0 unspecified atom stereocenters. The Labute approximate surface area is 235 Å². The fourth-order valence-corrected chi connectivity index (χ4v) is 4.48. The van der Waals surface area contributed by atoms with Crippen molar-refractivity contribution in [3.63, 3.8) is 0 Å². The standard InChI is InChI=1S/C31H22Cl2N4O2/c1-19(21-10-6-13-24(17-21)34-30(38)22-11-5-12-23(32)16-22)36-37-31(39)26-18-28(20-8-3-2-4-9-20)35-29-25(26)14-7-15-27(29)33/h2-18H,1H3,(H,34,38)(H,37,39). The van der Waals surface area contributed by atoms with E-state index in [1.165, 1.54) is 0 Å². The third kappa shape index (κ3) is 5.98. The topological polar surface area (TPSA) is 83.4 Å². The van der Waals surface area contributed by atoms with Crippen LogP contribution in [-0.4, -0.2) is 22.5 Å². The molecule has 0 aliphatic rings. The fourth-order valence-electron chi connectivity index (χ4n) is 4.07. The molecule has 2 amide bonds. The second-order valence-electron chi connectivity index (χ2n) is 8.74. The van der Waals surface area contributed by atoms with Crippen molar-refractivity contribution in [3.8, 4) is 11.3 Å². The Hall–Kier alpha value is -4.52. The molecule has 192 valence electrons. The summed E-state index contributed by atoms with van der Waals surface area (Å²) in [5, 5.41) is 8.74. The number of anilines is 1. The Balaban J connectivity index is 1.39. The Kier molecular flexibility index (Phi) is 7.68. The van der Waals surface area contributed by atoms with Crippen LogP contribution in [-0.2, 0) is 0 Å². The molecule has 1 aromatic heterocycles. The maximum Gasteiger partial charge on any atom is 0.272 e. The molecule has 8 heteroatoms. The number of aromatic nitrogens is 1. The number of hydrogen-bond acceptors (Lipinski definition) is 4. The molecule has 0 aliphatic heterocycles. The number of nitrogens with one attached hydrogen (secondary N) is 2. The van der Waals surface area contributed by atoms with Crippen molar-refractivity contribution in [2.45, 2.75) is 6.92 Å². The minimum atomic E-state index is -0.397. The van der Waals surface area contributed by atoms with Crippen molar-refractivity contribution >= 4 is 57.3 Å². The van der Waals surface area contributed by atoms with Crippen LogP contribution in [0.25, 0.3) is 22.2 Å². The zero-order valence-corrected chi connectivity index (χ0v) is 22.3. The minimum Gasteiger partial charge on any atom is -0.322 e. The first-order chi connectivity index (χ1) is 18.9. The van der Waals surface area contributed by atoms with Gasteiger partial charge in [-0.25, -0.2) is 10.4 Å². The molecule has 0 saturated heterocycles. The molecular formula is C31H22Cl2N4O2. The van der Waals surface area contributed by atoms with E-state index in [1.807, 2.05) is 36.4 Å². The summed E-state index contributed by atoms with van der Waals surface area (Å²) in [6.45, 7) is 1.77. The number of para-hydroxylation sites is 1. The molecule has 0 saturated carbocycles. The maximum atomic E-state index is 13.3. The highest BCUT2D eigenvalue weighted by Gasteiger charge is 2.16. The number of carbonyl (C=O) groups is 2. The van der Waals surface area contributed by atoms with Crippen LogP contribution in [0.1, 0.15) is 33.2 Å². The van der Waals surface area contributed by atoms with Gasteiger partial charge in [-0.1, -0.05) is 83.9 Å². The van der Waals surface area contributed by atoms with Crippen molar-refractivity contribution in [2.24, 2.45) is 5.10 Å². The van der Waals surface area contributed by atoms with Gasteiger partial charge in [0, 0.05) is 27.2 Å². The zero-order valence-electron chi connectivity index (χ0n) is 20.8. The number of pyridine rings is 1. The SMILES string of the molecule is CC(=NNC(=O)c1cc(-c2ccccc2)nc2c(Cl)cccc12)c1cccc(NC(=O)c2cccc(Cl)c2)c1. The molecule has 4 aromatic carbocycles. The van der Waals surface area contributed by atoms with E-state index >= 15 is 0 Å². The van der Waals surface area contributed by atoms with Crippen molar-refractivity contribution in [1.29, 1.82) is 0 Å². The van der Waals surface area contributed by atoms with E-state index in [9.17, 15) is 9.59 Å². The van der Waals surface area contributed by atoms with Crippen molar-refractivity contribution in [1.82, 2.24) is 10.4 Å². The van der Waals surface area contributed by atoms with Crippen LogP contribution in [0.3, 0.4) is 0 Å². The first kappa shape index (κ1) is 26.1. The van der Waals surface area contributed by atoms with Crippen LogP contribution in [0.2, 0.25) is 10.0 Å². The van der Waals surface area contributed by atoms with E-state index in [1.54, 1.807) is 73.7 Å². The highest BCUT2D eigenvalue weighted by Crippen LogP contribution is 2.29. The average Bonchev–Trinajstić information content (AvgIpc) is 2.96. The Morgan fingerprint density at radius 3 is 2.31 bits per heavy atom. The van der Waals surface area contributed by atoms with Gasteiger partial charge >= 0.3 is 0 Å². The lowest BCUT2D eigenvalue weighted by Gasteiger charge is -2.11. The summed E-state index contributed by atoms with van der Waals surface area (Å²) in [5.41, 5.74) is 7.41. The summed E-state index contributed by atoms with van der Waals surface area (Å²) in [4.78, 5) is 30.6. The maximum absolute atomic E-state index is 13.3. The van der Waals surface area contributed by atoms with Crippen molar-refractivity contribution < 1.29 is 9.59 Å². The van der Waals surface area contributed by atoms with Crippen LogP contribution in [0, 0.1) is 0 Å². The normalized spacial score (nSPS) is 11.3. The van der Waals surface area contributed by atoms with E-state index in [0.717, 1.165) is 11.1 Å². The number of rotatable bonds is 6. The predicted octanol–water partition coefficient (Wildman–Crippen LogP) is 7.61. The number of hydrazone groups is 1. The molecule has 5 rings (SSSR count). The van der Waals surface area contributed by atoms with E-state index in [0.29, 0.717) is 49.2 Å². The van der Waals surface area contributed by atoms with Gasteiger partial charge in [0.25, 0.3) is 11.8 Å². The molecule has 0 radical (unpaired) electrons. The predicted molar refractivity (Wildman–Crippen MR) is 158 cm³/mol. The van der Waals surface area contributed by atoms with E-state index in [4.69, 9.17) is 28.2 Å². The highest BCUT2D eigenvalue weighted by molar-refractivity contribution is 6.35. The van der Waals surface area contributed by atoms with Crippen LogP contribution in [0.5, 0.6) is 0 Å². The van der Waals surface area contributed by atoms with Gasteiger partial charge in [0.15, 0.2) is 0 Å². The molecule has 0 aliphatic carbocycles. The van der Waals surface area contributed by atoms with Gasteiger partial charge < -0.3 is 5.32 Å². The largest absolute Gasteiger partial charge is 0.322 e. The molecular weight excluding hydrogens is 531 g/mol. The lowest BCUT2D eigenvalue weighted by molar-refractivity contribution is 0.0955. The fraction of sp³-hybridized carbons (Fsp3) is 0.0323. The molecule has 5 aromatic rings. The smallest absolute Gasteiger partial charge is 0.272 e. The number of halogens is 2. The summed E-state index contributed by atoms with van der Waals surface area (Å²) in [5.74, 6) is -0.679. The number of fused-ring (bicyclic) bond motifs is 1. The van der Waals surface area contributed by atoms with Crippen LogP contribution in [0.15, 0.2) is 108 Å². The van der Waals surface area contributed by atoms with E-state index < -0.39 is 5.91 Å². The summed E-state index contributed by atoms with van der Waals surface area (Å²) in [6.07, 6.45) is 0. The second-order valence-corrected chi connectivity index (χ2v) is 9.58. The lowest BCUT2D eigenvalue weighted by atomic mass is 10.0. The van der Waals surface area contributed by atoms with Crippen LogP contribution in [0.4, 0.5) is 5.69 Å².